The second kappa shape index (κ2) is 6.92. The molecule has 2 aromatic heterocycles. The van der Waals surface area contributed by atoms with Crippen molar-refractivity contribution in [2.45, 2.75) is 19.3 Å². The molecular weight excluding hydrogens is 336 g/mol. The molecule has 0 radical (unpaired) electrons. The Morgan fingerprint density at radius 1 is 1.24 bits per heavy atom. The lowest BCUT2D eigenvalue weighted by Crippen LogP contribution is -2.50. The first-order valence-corrected chi connectivity index (χ1v) is 9.44. The van der Waals surface area contributed by atoms with Crippen LogP contribution in [0, 0.1) is 5.92 Å². The number of hydrogen-bond donors (Lipinski definition) is 0. The summed E-state index contributed by atoms with van der Waals surface area (Å²) in [5.74, 6) is 0.260. The van der Waals surface area contributed by atoms with Crippen molar-refractivity contribution in [3.8, 4) is 10.7 Å². The van der Waals surface area contributed by atoms with Gasteiger partial charge in [-0.15, -0.1) is 11.3 Å². The van der Waals surface area contributed by atoms with Gasteiger partial charge in [0.15, 0.2) is 0 Å². The molecule has 0 N–H and O–H groups in total. The van der Waals surface area contributed by atoms with Gasteiger partial charge in [-0.3, -0.25) is 14.6 Å². The van der Waals surface area contributed by atoms with Crippen LogP contribution in [0.15, 0.2) is 24.4 Å². The van der Waals surface area contributed by atoms with Gasteiger partial charge in [0.05, 0.1) is 11.4 Å². The van der Waals surface area contributed by atoms with Crippen LogP contribution in [-0.4, -0.2) is 58.3 Å². The number of nitrogens with zero attached hydrogens (tertiary/aromatic N) is 4. The van der Waals surface area contributed by atoms with Crippen molar-refractivity contribution in [3.63, 3.8) is 0 Å². The summed E-state index contributed by atoms with van der Waals surface area (Å²) >= 11 is 1.66. The standard InChI is InChI=1S/C18H20N4O2S/c23-12-21-7-9-22(10-8-21)18(24)13-4-5-14-16(11-13)25-17(20-14)15-3-1-2-6-19-15/h1-3,6,12-13H,4-5,7-11H2. The molecule has 0 saturated carbocycles. The number of carbonyl (C=O) groups is 2. The van der Waals surface area contributed by atoms with Gasteiger partial charge in [0.25, 0.3) is 0 Å². The number of aryl methyl sites for hydroxylation is 1. The molecular formula is C18H20N4O2S. The summed E-state index contributed by atoms with van der Waals surface area (Å²) in [6, 6.07) is 5.84. The molecule has 7 heteroatoms. The molecule has 1 saturated heterocycles. The Hall–Kier alpha value is -2.28. The van der Waals surface area contributed by atoms with Crippen LogP contribution >= 0.6 is 11.3 Å². The van der Waals surface area contributed by atoms with Crippen LogP contribution < -0.4 is 0 Å². The maximum Gasteiger partial charge on any atom is 0.226 e. The van der Waals surface area contributed by atoms with Crippen LogP contribution in [-0.2, 0) is 22.4 Å². The van der Waals surface area contributed by atoms with E-state index in [4.69, 9.17) is 4.98 Å². The molecule has 2 aromatic rings. The van der Waals surface area contributed by atoms with E-state index in [2.05, 4.69) is 4.98 Å². The quantitative estimate of drug-likeness (QED) is 0.784. The number of piperazine rings is 1. The number of fused-ring (bicyclic) bond motifs is 1. The van der Waals surface area contributed by atoms with Gasteiger partial charge in [-0.2, -0.15) is 0 Å². The number of pyridine rings is 1. The molecule has 0 spiro atoms. The Labute approximate surface area is 150 Å². The normalized spacial score (nSPS) is 20.2. The number of aromatic nitrogens is 2. The highest BCUT2D eigenvalue weighted by Crippen LogP contribution is 2.34. The highest BCUT2D eigenvalue weighted by Gasteiger charge is 2.32. The summed E-state index contributed by atoms with van der Waals surface area (Å²) in [7, 11) is 0. The number of hydrogen-bond acceptors (Lipinski definition) is 5. The molecule has 0 aromatic carbocycles. The predicted molar refractivity (Wildman–Crippen MR) is 95.1 cm³/mol. The fraction of sp³-hybridized carbons (Fsp3) is 0.444. The minimum absolute atomic E-state index is 0.0345. The topological polar surface area (TPSA) is 66.4 Å². The van der Waals surface area contributed by atoms with E-state index in [-0.39, 0.29) is 11.8 Å². The number of carbonyl (C=O) groups excluding carboxylic acids is 2. The molecule has 3 heterocycles. The molecule has 6 nitrogen and oxygen atoms in total. The Balaban J connectivity index is 1.45. The zero-order chi connectivity index (χ0) is 17.2. The molecule has 130 valence electrons. The molecule has 2 amide bonds. The number of thiazole rings is 1. The van der Waals surface area contributed by atoms with Crippen molar-refractivity contribution in [1.82, 2.24) is 19.8 Å². The zero-order valence-electron chi connectivity index (χ0n) is 13.9. The zero-order valence-corrected chi connectivity index (χ0v) is 14.7. The van der Waals surface area contributed by atoms with Gasteiger partial charge in [0.1, 0.15) is 5.01 Å². The summed E-state index contributed by atoms with van der Waals surface area (Å²) in [5, 5.41) is 0.943. The van der Waals surface area contributed by atoms with Crippen molar-refractivity contribution in [3.05, 3.63) is 35.0 Å². The van der Waals surface area contributed by atoms with Gasteiger partial charge >= 0.3 is 0 Å². The van der Waals surface area contributed by atoms with E-state index in [0.29, 0.717) is 26.2 Å². The lowest BCUT2D eigenvalue weighted by Gasteiger charge is -2.35. The summed E-state index contributed by atoms with van der Waals surface area (Å²) in [4.78, 5) is 37.6. The van der Waals surface area contributed by atoms with Crippen molar-refractivity contribution >= 4 is 23.7 Å². The first kappa shape index (κ1) is 16.2. The third-order valence-corrected chi connectivity index (χ3v) is 6.09. The van der Waals surface area contributed by atoms with Gasteiger partial charge in [0.2, 0.25) is 12.3 Å². The number of amides is 2. The van der Waals surface area contributed by atoms with Crippen LogP contribution in [0.4, 0.5) is 0 Å². The van der Waals surface area contributed by atoms with Crippen LogP contribution in [0.2, 0.25) is 0 Å². The average Bonchev–Trinajstić information content (AvgIpc) is 3.11. The van der Waals surface area contributed by atoms with Crippen LogP contribution in [0.3, 0.4) is 0 Å². The minimum atomic E-state index is 0.0345. The van der Waals surface area contributed by atoms with E-state index in [1.807, 2.05) is 23.1 Å². The van der Waals surface area contributed by atoms with E-state index in [0.717, 1.165) is 42.1 Å². The maximum atomic E-state index is 12.8. The predicted octanol–water partition coefficient (Wildman–Crippen LogP) is 1.61. The van der Waals surface area contributed by atoms with Gasteiger partial charge in [0, 0.05) is 43.2 Å². The van der Waals surface area contributed by atoms with Crippen molar-refractivity contribution in [2.24, 2.45) is 5.92 Å². The van der Waals surface area contributed by atoms with E-state index in [1.54, 1.807) is 22.4 Å². The molecule has 1 fully saturated rings. The minimum Gasteiger partial charge on any atom is -0.342 e. The van der Waals surface area contributed by atoms with E-state index in [9.17, 15) is 9.59 Å². The lowest BCUT2D eigenvalue weighted by molar-refractivity contribution is -0.139. The Morgan fingerprint density at radius 3 is 2.80 bits per heavy atom. The Morgan fingerprint density at radius 2 is 2.08 bits per heavy atom. The lowest BCUT2D eigenvalue weighted by atomic mass is 9.90. The molecule has 1 aliphatic carbocycles. The van der Waals surface area contributed by atoms with E-state index in [1.165, 1.54) is 4.88 Å². The fourth-order valence-electron chi connectivity index (χ4n) is 3.49. The fourth-order valence-corrected chi connectivity index (χ4v) is 4.66. The van der Waals surface area contributed by atoms with Crippen molar-refractivity contribution < 1.29 is 9.59 Å². The van der Waals surface area contributed by atoms with E-state index < -0.39 is 0 Å². The largest absolute Gasteiger partial charge is 0.342 e. The molecule has 0 bridgehead atoms. The monoisotopic (exact) mass is 356 g/mol. The van der Waals surface area contributed by atoms with Gasteiger partial charge in [-0.1, -0.05) is 6.07 Å². The highest BCUT2D eigenvalue weighted by molar-refractivity contribution is 7.15. The van der Waals surface area contributed by atoms with Crippen molar-refractivity contribution in [1.29, 1.82) is 0 Å². The molecule has 4 rings (SSSR count). The maximum absolute atomic E-state index is 12.8. The van der Waals surface area contributed by atoms with Crippen LogP contribution in [0.25, 0.3) is 10.7 Å². The summed E-state index contributed by atoms with van der Waals surface area (Å²) in [6.45, 7) is 2.56. The molecule has 2 aliphatic rings. The summed E-state index contributed by atoms with van der Waals surface area (Å²) in [5.41, 5.74) is 2.02. The van der Waals surface area contributed by atoms with Crippen LogP contribution in [0.5, 0.6) is 0 Å². The van der Waals surface area contributed by atoms with Gasteiger partial charge in [-0.25, -0.2) is 4.98 Å². The second-order valence-electron chi connectivity index (χ2n) is 6.51. The third kappa shape index (κ3) is 3.28. The first-order chi connectivity index (χ1) is 12.2. The number of rotatable bonds is 3. The molecule has 1 atom stereocenters. The van der Waals surface area contributed by atoms with Gasteiger partial charge in [-0.05, 0) is 31.4 Å². The Bertz CT molecular complexity index is 769. The van der Waals surface area contributed by atoms with Crippen LogP contribution in [0.1, 0.15) is 17.0 Å². The molecule has 25 heavy (non-hydrogen) atoms. The molecule has 1 aliphatic heterocycles. The van der Waals surface area contributed by atoms with Gasteiger partial charge < -0.3 is 9.80 Å². The second-order valence-corrected chi connectivity index (χ2v) is 7.59. The van der Waals surface area contributed by atoms with Crippen molar-refractivity contribution in [2.75, 3.05) is 26.2 Å². The Kier molecular flexibility index (Phi) is 4.48. The first-order valence-electron chi connectivity index (χ1n) is 8.62. The molecule has 1 unspecified atom stereocenters. The average molecular weight is 356 g/mol. The summed E-state index contributed by atoms with van der Waals surface area (Å²) < 4.78 is 0. The van der Waals surface area contributed by atoms with E-state index >= 15 is 0 Å². The summed E-state index contributed by atoms with van der Waals surface area (Å²) in [6.07, 6.45) is 5.12. The SMILES string of the molecule is O=CN1CCN(C(=O)C2CCc3nc(-c4ccccn4)sc3C2)CC1. The highest BCUT2D eigenvalue weighted by atomic mass is 32.1. The smallest absolute Gasteiger partial charge is 0.226 e. The third-order valence-electron chi connectivity index (χ3n) is 4.95.